The van der Waals surface area contributed by atoms with Crippen LogP contribution in [0.25, 0.3) is 0 Å². The second-order valence-corrected chi connectivity index (χ2v) is 9.90. The van der Waals surface area contributed by atoms with Crippen molar-refractivity contribution < 1.29 is 36.6 Å². The van der Waals surface area contributed by atoms with Crippen molar-refractivity contribution in [2.45, 2.75) is 42.4 Å². The monoisotopic (exact) mass is 492 g/mol. The van der Waals surface area contributed by atoms with E-state index in [0.717, 1.165) is 12.1 Å². The molecule has 1 N–H and O–H groups in total. The number of sulfonamides is 1. The first-order valence-electron chi connectivity index (χ1n) is 10.7. The van der Waals surface area contributed by atoms with Crippen molar-refractivity contribution in [2.75, 3.05) is 25.5 Å². The maximum atomic E-state index is 13.5. The Morgan fingerprint density at radius 2 is 2.03 bits per heavy atom. The summed E-state index contributed by atoms with van der Waals surface area (Å²) in [5.41, 5.74) is 0.334. The lowest BCUT2D eigenvalue weighted by atomic mass is 9.94. The number of halogens is 1. The second kappa shape index (κ2) is 9.59. The van der Waals surface area contributed by atoms with Crippen LogP contribution in [0.3, 0.4) is 0 Å². The van der Waals surface area contributed by atoms with Crippen LogP contribution in [0.15, 0.2) is 47.4 Å². The molecule has 2 aromatic rings. The molecular weight excluding hydrogens is 467 g/mol. The third-order valence-corrected chi connectivity index (χ3v) is 7.37. The van der Waals surface area contributed by atoms with Gasteiger partial charge in [0.15, 0.2) is 0 Å². The molecule has 0 unspecified atom stereocenters. The largest absolute Gasteiger partial charge is 0.490 e. The summed E-state index contributed by atoms with van der Waals surface area (Å²) in [6.07, 6.45) is 0.562. The Balaban J connectivity index is 1.55. The van der Waals surface area contributed by atoms with Gasteiger partial charge in [-0.05, 0) is 49.2 Å². The molecule has 182 valence electrons. The lowest BCUT2D eigenvalue weighted by Gasteiger charge is -2.42. The van der Waals surface area contributed by atoms with Crippen LogP contribution in [0.4, 0.5) is 10.1 Å². The van der Waals surface area contributed by atoms with E-state index in [1.807, 2.05) is 0 Å². The first-order chi connectivity index (χ1) is 16.2. The molecule has 4 rings (SSSR count). The topological polar surface area (TPSA) is 111 Å². The normalized spacial score (nSPS) is 22.5. The Kier molecular flexibility index (Phi) is 6.76. The van der Waals surface area contributed by atoms with Crippen molar-refractivity contribution in [2.24, 2.45) is 0 Å². The van der Waals surface area contributed by atoms with Gasteiger partial charge in [-0.25, -0.2) is 12.8 Å². The average Bonchev–Trinajstić information content (AvgIpc) is 2.81. The maximum Gasteiger partial charge on any atom is 0.308 e. The Bertz CT molecular complexity index is 1200. The number of carbonyl (C=O) groups is 2. The number of hydrogen-bond donors (Lipinski definition) is 1. The summed E-state index contributed by atoms with van der Waals surface area (Å²) in [6, 6.07) is 8.72. The molecule has 2 aliphatic rings. The standard InChI is InChI=1S/C23H25FN2O7S/c1-26-19-8-7-16(12-22(27)31-2)33-21(19)13-32-20-9-6-15(11-18(20)23(26)28)25-34(29,30)17-5-3-4-14(24)10-17/h3-6,9-11,16,19,21,25H,7-8,12-13H2,1-2H3/t16-,19+,21+/m1/s1. The molecule has 11 heteroatoms. The van der Waals surface area contributed by atoms with Crippen molar-refractivity contribution in [1.82, 2.24) is 4.90 Å². The molecule has 0 saturated carbocycles. The number of benzene rings is 2. The number of esters is 1. The van der Waals surface area contributed by atoms with E-state index in [1.165, 1.54) is 37.4 Å². The van der Waals surface area contributed by atoms with Crippen LogP contribution in [-0.2, 0) is 24.3 Å². The second-order valence-electron chi connectivity index (χ2n) is 8.22. The third-order valence-electron chi connectivity index (χ3n) is 5.99. The zero-order chi connectivity index (χ0) is 24.5. The molecule has 2 aromatic carbocycles. The average molecular weight is 493 g/mol. The molecule has 0 aromatic heterocycles. The quantitative estimate of drug-likeness (QED) is 0.639. The number of fused-ring (bicyclic) bond motifs is 2. The Morgan fingerprint density at radius 3 is 2.76 bits per heavy atom. The van der Waals surface area contributed by atoms with Crippen LogP contribution < -0.4 is 9.46 Å². The van der Waals surface area contributed by atoms with Gasteiger partial charge in [-0.15, -0.1) is 0 Å². The maximum absolute atomic E-state index is 13.5. The highest BCUT2D eigenvalue weighted by molar-refractivity contribution is 7.92. The number of hydrogen-bond acceptors (Lipinski definition) is 7. The van der Waals surface area contributed by atoms with Crippen LogP contribution in [-0.4, -0.2) is 64.2 Å². The van der Waals surface area contributed by atoms with E-state index < -0.39 is 21.9 Å². The summed E-state index contributed by atoms with van der Waals surface area (Å²) in [6.45, 7) is 0.154. The number of ether oxygens (including phenoxy) is 3. The van der Waals surface area contributed by atoms with Crippen molar-refractivity contribution in [3.63, 3.8) is 0 Å². The van der Waals surface area contributed by atoms with Crippen LogP contribution in [0, 0.1) is 5.82 Å². The molecule has 0 aliphatic carbocycles. The van der Waals surface area contributed by atoms with Gasteiger partial charge in [-0.2, -0.15) is 0 Å². The summed E-state index contributed by atoms with van der Waals surface area (Å²) in [5.74, 6) is -1.11. The van der Waals surface area contributed by atoms with E-state index in [2.05, 4.69) is 4.72 Å². The van der Waals surface area contributed by atoms with E-state index >= 15 is 0 Å². The highest BCUT2D eigenvalue weighted by Gasteiger charge is 2.39. The fraction of sp³-hybridized carbons (Fsp3) is 0.391. The number of anilines is 1. The molecule has 2 aliphatic heterocycles. The predicted octanol–water partition coefficient (Wildman–Crippen LogP) is 2.57. The Labute approximate surface area is 196 Å². The molecule has 2 heterocycles. The minimum atomic E-state index is -4.06. The van der Waals surface area contributed by atoms with Gasteiger partial charge in [-0.3, -0.25) is 14.3 Å². The highest BCUT2D eigenvalue weighted by Crippen LogP contribution is 2.33. The van der Waals surface area contributed by atoms with E-state index in [0.29, 0.717) is 12.8 Å². The third kappa shape index (κ3) is 5.00. The van der Waals surface area contributed by atoms with Crippen molar-refractivity contribution in [3.8, 4) is 5.75 Å². The van der Waals surface area contributed by atoms with E-state index in [-0.39, 0.29) is 58.9 Å². The number of nitrogens with zero attached hydrogens (tertiary/aromatic N) is 1. The molecule has 34 heavy (non-hydrogen) atoms. The van der Waals surface area contributed by atoms with Crippen LogP contribution in [0.1, 0.15) is 29.6 Å². The fourth-order valence-corrected chi connectivity index (χ4v) is 5.29. The zero-order valence-corrected chi connectivity index (χ0v) is 19.5. The zero-order valence-electron chi connectivity index (χ0n) is 18.7. The van der Waals surface area contributed by atoms with E-state index in [1.54, 1.807) is 11.9 Å². The lowest BCUT2D eigenvalue weighted by molar-refractivity contribution is -0.151. The van der Waals surface area contributed by atoms with Crippen LogP contribution in [0.5, 0.6) is 5.75 Å². The Morgan fingerprint density at radius 1 is 1.24 bits per heavy atom. The minimum absolute atomic E-state index is 0.128. The van der Waals surface area contributed by atoms with E-state index in [9.17, 15) is 22.4 Å². The summed E-state index contributed by atoms with van der Waals surface area (Å²) in [5, 5.41) is 0. The van der Waals surface area contributed by atoms with E-state index in [4.69, 9.17) is 14.2 Å². The molecule has 3 atom stereocenters. The molecule has 1 amide bonds. The number of rotatable bonds is 5. The molecule has 1 saturated heterocycles. The SMILES string of the molecule is COC(=O)C[C@H]1CC[C@H]2[C@H](COc3ccc(NS(=O)(=O)c4cccc(F)c4)cc3C(=O)N2C)O1. The summed E-state index contributed by atoms with van der Waals surface area (Å²) < 4.78 is 57.8. The molecule has 0 bridgehead atoms. The minimum Gasteiger partial charge on any atom is -0.490 e. The van der Waals surface area contributed by atoms with Gasteiger partial charge in [0.2, 0.25) is 0 Å². The van der Waals surface area contributed by atoms with Gasteiger partial charge in [0.1, 0.15) is 24.3 Å². The smallest absolute Gasteiger partial charge is 0.308 e. The number of likely N-dealkylation sites (N-methyl/N-ethyl adjacent to an activating group) is 1. The van der Waals surface area contributed by atoms with Gasteiger partial charge < -0.3 is 19.1 Å². The summed E-state index contributed by atoms with van der Waals surface area (Å²) in [7, 11) is -1.08. The van der Waals surface area contributed by atoms with Crippen LogP contribution >= 0.6 is 0 Å². The molecule has 9 nitrogen and oxygen atoms in total. The van der Waals surface area contributed by atoms with Gasteiger partial charge in [0, 0.05) is 12.7 Å². The molecule has 1 fully saturated rings. The number of carbonyl (C=O) groups excluding carboxylic acids is 2. The van der Waals surface area contributed by atoms with Gasteiger partial charge in [0.05, 0.1) is 36.1 Å². The van der Waals surface area contributed by atoms with Crippen molar-refractivity contribution in [3.05, 3.63) is 53.8 Å². The Hall–Kier alpha value is -3.18. The highest BCUT2D eigenvalue weighted by atomic mass is 32.2. The summed E-state index contributed by atoms with van der Waals surface area (Å²) >= 11 is 0. The first kappa shape index (κ1) is 24.0. The van der Waals surface area contributed by atoms with Crippen molar-refractivity contribution in [1.29, 1.82) is 0 Å². The van der Waals surface area contributed by atoms with Crippen molar-refractivity contribution >= 4 is 27.6 Å². The van der Waals surface area contributed by atoms with Crippen LogP contribution in [0.2, 0.25) is 0 Å². The van der Waals surface area contributed by atoms with Gasteiger partial charge >= 0.3 is 5.97 Å². The number of amides is 1. The predicted molar refractivity (Wildman–Crippen MR) is 120 cm³/mol. The number of methoxy groups -OCH3 is 1. The van der Waals surface area contributed by atoms with Gasteiger partial charge in [-0.1, -0.05) is 6.07 Å². The number of nitrogens with one attached hydrogen (secondary N) is 1. The molecular formula is C23H25FN2O7S. The van der Waals surface area contributed by atoms with Gasteiger partial charge in [0.25, 0.3) is 15.9 Å². The fourth-order valence-electron chi connectivity index (χ4n) is 4.21. The molecule has 0 radical (unpaired) electrons. The summed E-state index contributed by atoms with van der Waals surface area (Å²) in [4.78, 5) is 26.2. The first-order valence-corrected chi connectivity index (χ1v) is 12.2. The molecule has 0 spiro atoms. The lowest BCUT2D eigenvalue weighted by Crippen LogP contribution is -2.53.